The molecule has 0 amide bonds. The highest BCUT2D eigenvalue weighted by atomic mass is 32.2. The number of aromatic amines is 1. The Morgan fingerprint density at radius 1 is 1.28 bits per heavy atom. The fourth-order valence-electron chi connectivity index (χ4n) is 4.14. The topological polar surface area (TPSA) is 121 Å². The number of imidazole rings is 1. The van der Waals surface area contributed by atoms with Crippen LogP contribution in [0.4, 0.5) is 10.8 Å². The van der Waals surface area contributed by atoms with E-state index >= 15 is 0 Å². The van der Waals surface area contributed by atoms with Crippen molar-refractivity contribution >= 4 is 37.8 Å². The van der Waals surface area contributed by atoms with Crippen LogP contribution in [0.25, 0.3) is 16.9 Å². The minimum absolute atomic E-state index is 0.0669. The van der Waals surface area contributed by atoms with Gasteiger partial charge >= 0.3 is 0 Å². The maximum absolute atomic E-state index is 12.1. The number of rotatable bonds is 7. The normalized spacial score (nSPS) is 16.1. The molecule has 5 heterocycles. The van der Waals surface area contributed by atoms with Crippen LogP contribution in [0.2, 0.25) is 0 Å². The van der Waals surface area contributed by atoms with Crippen molar-refractivity contribution in [1.82, 2.24) is 33.8 Å². The van der Waals surface area contributed by atoms with Crippen molar-refractivity contribution in [2.45, 2.75) is 25.8 Å². The number of hydrogen-bond donors (Lipinski definition) is 2. The predicted molar refractivity (Wildman–Crippen MR) is 124 cm³/mol. The molecule has 2 N–H and O–H groups in total. The summed E-state index contributed by atoms with van der Waals surface area (Å²) < 4.78 is 30.7. The average molecular weight is 473 g/mol. The van der Waals surface area contributed by atoms with E-state index in [1.807, 2.05) is 29.8 Å². The van der Waals surface area contributed by atoms with Crippen molar-refractivity contribution in [3.63, 3.8) is 0 Å². The number of fused-ring (bicyclic) bond motifs is 1. The van der Waals surface area contributed by atoms with Crippen LogP contribution in [0, 0.1) is 6.92 Å². The number of anilines is 2. The van der Waals surface area contributed by atoms with Crippen molar-refractivity contribution in [1.29, 1.82) is 0 Å². The van der Waals surface area contributed by atoms with Gasteiger partial charge in [-0.25, -0.2) is 18.4 Å². The van der Waals surface area contributed by atoms with E-state index in [1.54, 1.807) is 12.4 Å². The monoisotopic (exact) mass is 472 g/mol. The minimum atomic E-state index is -3.14. The van der Waals surface area contributed by atoms with Crippen LogP contribution in [0.15, 0.2) is 30.9 Å². The fourth-order valence-corrected chi connectivity index (χ4v) is 5.79. The van der Waals surface area contributed by atoms with Crippen molar-refractivity contribution in [3.8, 4) is 11.3 Å². The van der Waals surface area contributed by atoms with E-state index in [9.17, 15) is 8.42 Å². The zero-order chi connectivity index (χ0) is 22.3. The molecule has 10 nitrogen and oxygen atoms in total. The molecule has 1 aliphatic rings. The SMILES string of the molecule is Cc1cn2c(-c3cn[nH]c3)cnc2c(Nc2cc(C(CS(C)(=O)=O)N3CCCC3)ns2)n1. The second-order valence-electron chi connectivity index (χ2n) is 8.15. The molecule has 0 spiro atoms. The van der Waals surface area contributed by atoms with Gasteiger partial charge in [0.2, 0.25) is 0 Å². The van der Waals surface area contributed by atoms with E-state index in [0.717, 1.165) is 53.6 Å². The summed E-state index contributed by atoms with van der Waals surface area (Å²) in [7, 11) is -3.14. The molecule has 0 radical (unpaired) electrons. The summed E-state index contributed by atoms with van der Waals surface area (Å²) in [5, 5.41) is 11.0. The first kappa shape index (κ1) is 21.0. The quantitative estimate of drug-likeness (QED) is 0.421. The maximum Gasteiger partial charge on any atom is 0.180 e. The highest BCUT2D eigenvalue weighted by Gasteiger charge is 2.29. The lowest BCUT2D eigenvalue weighted by Gasteiger charge is -2.25. The van der Waals surface area contributed by atoms with Crippen LogP contribution in [-0.2, 0) is 9.84 Å². The van der Waals surface area contributed by atoms with Gasteiger partial charge in [-0.2, -0.15) is 9.47 Å². The van der Waals surface area contributed by atoms with Crippen LogP contribution in [0.1, 0.15) is 30.3 Å². The second kappa shape index (κ2) is 8.26. The van der Waals surface area contributed by atoms with Gasteiger partial charge in [0, 0.05) is 24.2 Å². The summed E-state index contributed by atoms with van der Waals surface area (Å²) in [5.41, 5.74) is 4.14. The molecule has 0 saturated carbocycles. The Labute approximate surface area is 189 Å². The van der Waals surface area contributed by atoms with Crippen LogP contribution in [0.3, 0.4) is 0 Å². The molecular weight excluding hydrogens is 448 g/mol. The Hall–Kier alpha value is -2.83. The zero-order valence-corrected chi connectivity index (χ0v) is 19.4. The summed E-state index contributed by atoms with van der Waals surface area (Å²) in [6.07, 6.45) is 10.7. The molecule has 0 bridgehead atoms. The molecule has 1 saturated heterocycles. The van der Waals surface area contributed by atoms with Gasteiger partial charge in [-0.15, -0.1) is 0 Å². The summed E-state index contributed by atoms with van der Waals surface area (Å²) in [4.78, 5) is 11.4. The Kier molecular flexibility index (Phi) is 5.43. The Morgan fingerprint density at radius 3 is 2.81 bits per heavy atom. The molecule has 12 heteroatoms. The molecule has 168 valence electrons. The highest BCUT2D eigenvalue weighted by Crippen LogP contribution is 2.32. The van der Waals surface area contributed by atoms with E-state index in [-0.39, 0.29) is 11.8 Å². The first-order chi connectivity index (χ1) is 15.4. The molecule has 5 rings (SSSR count). The molecule has 1 atom stereocenters. The first-order valence-corrected chi connectivity index (χ1v) is 13.2. The first-order valence-electron chi connectivity index (χ1n) is 10.4. The van der Waals surface area contributed by atoms with E-state index in [2.05, 4.69) is 34.8 Å². The van der Waals surface area contributed by atoms with E-state index < -0.39 is 9.84 Å². The number of hydrogen-bond acceptors (Lipinski definition) is 9. The zero-order valence-electron chi connectivity index (χ0n) is 17.8. The summed E-state index contributed by atoms with van der Waals surface area (Å²) in [5.74, 6) is 0.688. The molecule has 0 aromatic carbocycles. The number of aryl methyl sites for hydroxylation is 1. The van der Waals surface area contributed by atoms with E-state index in [4.69, 9.17) is 0 Å². The fraction of sp³-hybridized carbons (Fsp3) is 0.400. The van der Waals surface area contributed by atoms with Gasteiger partial charge < -0.3 is 5.32 Å². The van der Waals surface area contributed by atoms with Crippen LogP contribution >= 0.6 is 11.5 Å². The van der Waals surface area contributed by atoms with Gasteiger partial charge in [0.15, 0.2) is 11.5 Å². The number of aromatic nitrogens is 6. The van der Waals surface area contributed by atoms with Gasteiger partial charge in [-0.3, -0.25) is 14.4 Å². The molecule has 1 aliphatic heterocycles. The number of nitrogens with zero attached hydrogens (tertiary/aromatic N) is 6. The molecule has 0 aliphatic carbocycles. The van der Waals surface area contributed by atoms with Crippen molar-refractivity contribution in [3.05, 3.63) is 42.2 Å². The average Bonchev–Trinajstić information content (AvgIpc) is 3.51. The lowest BCUT2D eigenvalue weighted by atomic mass is 10.2. The highest BCUT2D eigenvalue weighted by molar-refractivity contribution is 7.90. The summed E-state index contributed by atoms with van der Waals surface area (Å²) in [6.45, 7) is 3.72. The molecule has 1 fully saturated rings. The molecule has 4 aromatic heterocycles. The van der Waals surface area contributed by atoms with Crippen molar-refractivity contribution < 1.29 is 8.42 Å². The second-order valence-corrected chi connectivity index (χ2v) is 11.1. The van der Waals surface area contributed by atoms with Crippen LogP contribution < -0.4 is 5.32 Å². The third kappa shape index (κ3) is 4.25. The smallest absolute Gasteiger partial charge is 0.180 e. The molecule has 1 unspecified atom stereocenters. The van der Waals surface area contributed by atoms with Gasteiger partial charge in [0.25, 0.3) is 0 Å². The number of likely N-dealkylation sites (tertiary alicyclic amines) is 1. The standard InChI is InChI=1S/C20H24N8O2S2/c1-13-11-28-16(14-8-22-23-9-14)10-21-20(28)19(24-13)25-18-7-15(26-31-18)17(12-32(2,29)30)27-5-3-4-6-27/h7-11,17H,3-6,12H2,1-2H3,(H,22,23)(H,24,25). The Balaban J connectivity index is 1.46. The van der Waals surface area contributed by atoms with Gasteiger partial charge in [0.05, 0.1) is 41.3 Å². The Bertz CT molecular complexity index is 1340. The van der Waals surface area contributed by atoms with Crippen LogP contribution in [-0.4, -0.2) is 67.4 Å². The van der Waals surface area contributed by atoms with E-state index in [0.29, 0.717) is 11.5 Å². The molecule has 4 aromatic rings. The predicted octanol–water partition coefficient (Wildman–Crippen LogP) is 2.81. The summed E-state index contributed by atoms with van der Waals surface area (Å²) >= 11 is 1.30. The maximum atomic E-state index is 12.1. The third-order valence-corrected chi connectivity index (χ3v) is 7.20. The van der Waals surface area contributed by atoms with Crippen LogP contribution in [0.5, 0.6) is 0 Å². The largest absolute Gasteiger partial charge is 0.328 e. The minimum Gasteiger partial charge on any atom is -0.328 e. The molecular formula is C20H24N8O2S2. The number of H-pyrrole nitrogens is 1. The van der Waals surface area contributed by atoms with Crippen molar-refractivity contribution in [2.24, 2.45) is 0 Å². The lowest BCUT2D eigenvalue weighted by molar-refractivity contribution is 0.261. The molecule has 32 heavy (non-hydrogen) atoms. The Morgan fingerprint density at radius 2 is 2.09 bits per heavy atom. The number of sulfone groups is 1. The number of nitrogens with one attached hydrogen (secondary N) is 2. The third-order valence-electron chi connectivity index (χ3n) is 5.56. The van der Waals surface area contributed by atoms with Crippen molar-refractivity contribution in [2.75, 3.05) is 30.4 Å². The van der Waals surface area contributed by atoms with Gasteiger partial charge in [-0.1, -0.05) is 0 Å². The van der Waals surface area contributed by atoms with E-state index in [1.165, 1.54) is 17.8 Å². The summed E-state index contributed by atoms with van der Waals surface area (Å²) in [6, 6.07) is 1.70. The van der Waals surface area contributed by atoms with Gasteiger partial charge in [-0.05, 0) is 50.5 Å². The van der Waals surface area contributed by atoms with Gasteiger partial charge in [0.1, 0.15) is 14.8 Å². The lowest BCUT2D eigenvalue weighted by Crippen LogP contribution is -2.31.